The van der Waals surface area contributed by atoms with E-state index in [1.54, 1.807) is 0 Å². The maximum atomic E-state index is 10.6. The molecule has 0 radical (unpaired) electrons. The highest BCUT2D eigenvalue weighted by atomic mass is 19.4. The van der Waals surface area contributed by atoms with Crippen molar-refractivity contribution in [3.63, 3.8) is 0 Å². The normalized spacial score (nSPS) is 17.2. The SMILES string of the molecule is C=CCN1CCN(C2CCOCC2)Cc2cccnc21.O=C(O)C(F)(F)F.O=C(O)C(F)(F)F. The van der Waals surface area contributed by atoms with Gasteiger partial charge in [0.1, 0.15) is 5.82 Å². The van der Waals surface area contributed by atoms with Gasteiger partial charge in [0.2, 0.25) is 0 Å². The summed E-state index contributed by atoms with van der Waals surface area (Å²) in [6.07, 6.45) is -4.02. The summed E-state index contributed by atoms with van der Waals surface area (Å²) in [5, 5.41) is 14.2. The fourth-order valence-corrected chi connectivity index (χ4v) is 3.19. The van der Waals surface area contributed by atoms with E-state index in [4.69, 9.17) is 24.5 Å². The molecule has 0 aliphatic carbocycles. The van der Waals surface area contributed by atoms with Gasteiger partial charge in [0.05, 0.1) is 0 Å². The molecule has 0 spiro atoms. The number of carboxylic acids is 2. The number of halogens is 6. The quantitative estimate of drug-likeness (QED) is 0.481. The Hall–Kier alpha value is -2.87. The molecule has 1 saturated heterocycles. The monoisotopic (exact) mass is 501 g/mol. The number of pyridine rings is 1. The van der Waals surface area contributed by atoms with Gasteiger partial charge in [-0.1, -0.05) is 12.1 Å². The molecule has 0 bridgehead atoms. The van der Waals surface area contributed by atoms with E-state index in [-0.39, 0.29) is 0 Å². The van der Waals surface area contributed by atoms with E-state index in [1.165, 1.54) is 5.56 Å². The summed E-state index contributed by atoms with van der Waals surface area (Å²) in [4.78, 5) is 27.3. The Morgan fingerprint density at radius 1 is 1.09 bits per heavy atom. The van der Waals surface area contributed by atoms with Crippen LogP contribution in [0.15, 0.2) is 31.0 Å². The molecule has 0 atom stereocenters. The minimum atomic E-state index is -5.08. The molecular formula is C20H25F6N3O5. The molecule has 1 aromatic rings. The third kappa shape index (κ3) is 9.95. The number of hydrogen-bond acceptors (Lipinski definition) is 6. The van der Waals surface area contributed by atoms with E-state index in [2.05, 4.69) is 27.4 Å². The van der Waals surface area contributed by atoms with E-state index in [0.29, 0.717) is 6.04 Å². The fourth-order valence-electron chi connectivity index (χ4n) is 3.19. The van der Waals surface area contributed by atoms with E-state index in [9.17, 15) is 26.3 Å². The van der Waals surface area contributed by atoms with Gasteiger partial charge in [-0.05, 0) is 18.9 Å². The lowest BCUT2D eigenvalue weighted by atomic mass is 10.1. The van der Waals surface area contributed by atoms with Crippen LogP contribution in [0.3, 0.4) is 0 Å². The first kappa shape index (κ1) is 29.2. The molecule has 2 aliphatic heterocycles. The number of fused-ring (bicyclic) bond motifs is 1. The number of ether oxygens (including phenoxy) is 1. The summed E-state index contributed by atoms with van der Waals surface area (Å²) in [5.41, 5.74) is 1.33. The molecule has 0 unspecified atom stereocenters. The molecule has 34 heavy (non-hydrogen) atoms. The fraction of sp³-hybridized carbons (Fsp3) is 0.550. The number of carboxylic acid groups (broad SMARTS) is 2. The zero-order valence-electron chi connectivity index (χ0n) is 18.0. The van der Waals surface area contributed by atoms with Crippen LogP contribution in [0, 0.1) is 0 Å². The Balaban J connectivity index is 0.000000343. The average Bonchev–Trinajstić information content (AvgIpc) is 2.94. The van der Waals surface area contributed by atoms with Crippen LogP contribution in [0.5, 0.6) is 0 Å². The van der Waals surface area contributed by atoms with Crippen molar-refractivity contribution in [2.45, 2.75) is 37.8 Å². The minimum absolute atomic E-state index is 0.653. The largest absolute Gasteiger partial charge is 0.490 e. The third-order valence-electron chi connectivity index (χ3n) is 4.74. The summed E-state index contributed by atoms with van der Waals surface area (Å²) in [6.45, 7) is 9.65. The van der Waals surface area contributed by atoms with Gasteiger partial charge in [0, 0.05) is 57.2 Å². The number of hydrogen-bond donors (Lipinski definition) is 2. The molecule has 1 aromatic heterocycles. The number of alkyl halides is 6. The first-order valence-electron chi connectivity index (χ1n) is 9.99. The van der Waals surface area contributed by atoms with Crippen LogP contribution < -0.4 is 4.90 Å². The number of aliphatic carboxylic acids is 2. The summed E-state index contributed by atoms with van der Waals surface area (Å²) in [7, 11) is 0. The van der Waals surface area contributed by atoms with Crippen LogP contribution in [0.25, 0.3) is 0 Å². The highest BCUT2D eigenvalue weighted by Gasteiger charge is 2.38. The van der Waals surface area contributed by atoms with Gasteiger partial charge in [-0.2, -0.15) is 26.3 Å². The van der Waals surface area contributed by atoms with Crippen molar-refractivity contribution < 1.29 is 50.9 Å². The predicted octanol–water partition coefficient (Wildman–Crippen LogP) is 3.34. The molecule has 0 amide bonds. The number of anilines is 1. The van der Waals surface area contributed by atoms with Gasteiger partial charge in [-0.25, -0.2) is 14.6 Å². The van der Waals surface area contributed by atoms with Crippen molar-refractivity contribution in [1.29, 1.82) is 0 Å². The number of carbonyl (C=O) groups is 2. The van der Waals surface area contributed by atoms with Gasteiger partial charge in [0.25, 0.3) is 0 Å². The second kappa shape index (κ2) is 13.1. The number of nitrogens with zero attached hydrogens (tertiary/aromatic N) is 3. The summed E-state index contributed by atoms with van der Waals surface area (Å²) in [6, 6.07) is 4.90. The van der Waals surface area contributed by atoms with Gasteiger partial charge < -0.3 is 19.8 Å². The predicted molar refractivity (Wildman–Crippen MR) is 108 cm³/mol. The molecule has 2 aliphatic rings. The third-order valence-corrected chi connectivity index (χ3v) is 4.74. The van der Waals surface area contributed by atoms with Crippen LogP contribution in [0.2, 0.25) is 0 Å². The average molecular weight is 501 g/mol. The van der Waals surface area contributed by atoms with Crippen molar-refractivity contribution in [3.8, 4) is 0 Å². The lowest BCUT2D eigenvalue weighted by Gasteiger charge is -2.33. The summed E-state index contributed by atoms with van der Waals surface area (Å²) < 4.78 is 69.0. The van der Waals surface area contributed by atoms with Crippen LogP contribution in [-0.2, 0) is 20.9 Å². The minimum Gasteiger partial charge on any atom is -0.475 e. The van der Waals surface area contributed by atoms with Crippen LogP contribution in [0.1, 0.15) is 18.4 Å². The first-order valence-corrected chi connectivity index (χ1v) is 9.99. The van der Waals surface area contributed by atoms with Crippen molar-refractivity contribution in [2.75, 3.05) is 37.7 Å². The Morgan fingerprint density at radius 3 is 2.09 bits per heavy atom. The maximum absolute atomic E-state index is 10.6. The topological polar surface area (TPSA) is 103 Å². The van der Waals surface area contributed by atoms with Crippen LogP contribution >= 0.6 is 0 Å². The molecule has 2 N–H and O–H groups in total. The molecule has 3 heterocycles. The Kier molecular flexibility index (Phi) is 11.3. The summed E-state index contributed by atoms with van der Waals surface area (Å²) >= 11 is 0. The molecule has 0 saturated carbocycles. The molecule has 14 heteroatoms. The Bertz CT molecular complexity index is 789. The van der Waals surface area contributed by atoms with Crippen molar-refractivity contribution in [3.05, 3.63) is 36.5 Å². The smallest absolute Gasteiger partial charge is 0.475 e. The Morgan fingerprint density at radius 2 is 1.62 bits per heavy atom. The van der Waals surface area contributed by atoms with Crippen molar-refractivity contribution in [2.24, 2.45) is 0 Å². The van der Waals surface area contributed by atoms with E-state index < -0.39 is 24.3 Å². The van der Waals surface area contributed by atoms with Gasteiger partial charge in [-0.15, -0.1) is 6.58 Å². The van der Waals surface area contributed by atoms with Crippen LogP contribution in [0.4, 0.5) is 32.2 Å². The standard InChI is InChI=1S/C16H23N3O.2C2HF3O2/c1-2-8-18-9-10-19(15-5-11-20-12-6-15)13-14-4-3-7-17-16(14)18;2*3-2(4,5)1(6)7/h2-4,7,15H,1,5-6,8-13H2;2*(H,6,7). The van der Waals surface area contributed by atoms with Gasteiger partial charge >= 0.3 is 24.3 Å². The molecule has 192 valence electrons. The van der Waals surface area contributed by atoms with Crippen molar-refractivity contribution >= 4 is 17.8 Å². The molecule has 1 fully saturated rings. The highest BCUT2D eigenvalue weighted by molar-refractivity contribution is 5.73. The van der Waals surface area contributed by atoms with Crippen molar-refractivity contribution in [1.82, 2.24) is 9.88 Å². The maximum Gasteiger partial charge on any atom is 0.490 e. The number of aromatic nitrogens is 1. The molecule has 8 nitrogen and oxygen atoms in total. The zero-order chi connectivity index (χ0) is 25.9. The molecular weight excluding hydrogens is 476 g/mol. The van der Waals surface area contributed by atoms with Crippen LogP contribution in [-0.4, -0.2) is 83.3 Å². The molecule has 3 rings (SSSR count). The highest BCUT2D eigenvalue weighted by Crippen LogP contribution is 2.25. The Labute approximate surface area is 191 Å². The van der Waals surface area contributed by atoms with E-state index in [1.807, 2.05) is 18.3 Å². The lowest BCUT2D eigenvalue weighted by molar-refractivity contribution is -0.193. The molecule has 0 aromatic carbocycles. The zero-order valence-corrected chi connectivity index (χ0v) is 18.0. The summed E-state index contributed by atoms with van der Waals surface area (Å²) in [5.74, 6) is -4.39. The van der Waals surface area contributed by atoms with Gasteiger partial charge in [-0.3, -0.25) is 4.90 Å². The van der Waals surface area contributed by atoms with Gasteiger partial charge in [0.15, 0.2) is 0 Å². The van der Waals surface area contributed by atoms with E-state index in [0.717, 1.165) is 58.1 Å². The van der Waals surface area contributed by atoms with E-state index >= 15 is 0 Å². The second-order valence-electron chi connectivity index (χ2n) is 7.14. The first-order chi connectivity index (χ1) is 15.8. The second-order valence-corrected chi connectivity index (χ2v) is 7.14. The lowest BCUT2D eigenvalue weighted by Crippen LogP contribution is -2.41. The number of rotatable bonds is 3.